The number of hydrogen-bond acceptors (Lipinski definition) is 4. The fourth-order valence-electron chi connectivity index (χ4n) is 2.99. The zero-order valence-electron chi connectivity index (χ0n) is 13.4. The Morgan fingerprint density at radius 3 is 2.80 bits per heavy atom. The molecule has 0 saturated carbocycles. The van der Waals surface area contributed by atoms with Gasteiger partial charge in [0.1, 0.15) is 5.82 Å². The number of carbonyl (C=O) groups is 1. The smallest absolute Gasteiger partial charge is 0.200 e. The molecule has 0 aliphatic carbocycles. The Balaban J connectivity index is 1.92. The summed E-state index contributed by atoms with van der Waals surface area (Å²) in [5, 5.41) is 20.1. The summed E-state index contributed by atoms with van der Waals surface area (Å²) in [4.78, 5) is 22.5. The molecule has 25 heavy (non-hydrogen) atoms. The summed E-state index contributed by atoms with van der Waals surface area (Å²) in [6.07, 6.45) is 0.437. The molecule has 2 aromatic heterocycles. The maximum Gasteiger partial charge on any atom is 0.200 e. The molecule has 0 fully saturated rings. The van der Waals surface area contributed by atoms with Gasteiger partial charge in [-0.25, -0.2) is 4.98 Å². The lowest BCUT2D eigenvalue weighted by atomic mass is 10.1. The van der Waals surface area contributed by atoms with Crippen LogP contribution in [-0.4, -0.2) is 25.8 Å². The van der Waals surface area contributed by atoms with E-state index in [0.717, 1.165) is 5.52 Å². The summed E-state index contributed by atoms with van der Waals surface area (Å²) in [5.74, 6) is 0.524. The highest BCUT2D eigenvalue weighted by Gasteiger charge is 2.17. The van der Waals surface area contributed by atoms with E-state index in [0.29, 0.717) is 45.4 Å². The first-order valence-corrected chi connectivity index (χ1v) is 7.89. The largest absolute Gasteiger partial charge is 0.494 e. The monoisotopic (exact) mass is 330 g/mol. The number of carbonyl (C=O) groups excluding carboxylic acids is 1. The molecule has 0 bridgehead atoms. The Hall–Kier alpha value is -3.59. The molecule has 4 rings (SSSR count). The van der Waals surface area contributed by atoms with E-state index in [-0.39, 0.29) is 11.7 Å². The number of imidazole rings is 1. The Labute approximate surface area is 142 Å². The average molecular weight is 330 g/mol. The van der Waals surface area contributed by atoms with Crippen molar-refractivity contribution in [2.75, 3.05) is 0 Å². The molecule has 6 nitrogen and oxygen atoms in total. The number of fused-ring (bicyclic) bond motifs is 2. The van der Waals surface area contributed by atoms with Gasteiger partial charge in [-0.2, -0.15) is 5.26 Å². The van der Waals surface area contributed by atoms with E-state index < -0.39 is 0 Å². The lowest BCUT2D eigenvalue weighted by molar-refractivity contribution is 0.0988. The number of nitrogens with zero attached hydrogens (tertiary/aromatic N) is 2. The second kappa shape index (κ2) is 5.49. The number of H-pyrrole nitrogens is 2. The minimum Gasteiger partial charge on any atom is -0.494 e. The summed E-state index contributed by atoms with van der Waals surface area (Å²) in [7, 11) is 0. The van der Waals surface area contributed by atoms with E-state index in [4.69, 9.17) is 5.26 Å². The number of ketones is 1. The highest BCUT2D eigenvalue weighted by atomic mass is 16.3. The second-order valence-corrected chi connectivity index (χ2v) is 5.81. The van der Waals surface area contributed by atoms with Gasteiger partial charge in [-0.15, -0.1) is 0 Å². The van der Waals surface area contributed by atoms with Gasteiger partial charge in [-0.05, 0) is 36.4 Å². The first-order chi connectivity index (χ1) is 12.1. The molecular formula is C19H14N4O2. The normalized spacial score (nSPS) is 11.0. The van der Waals surface area contributed by atoms with Gasteiger partial charge in [0.25, 0.3) is 0 Å². The fraction of sp³-hybridized carbons (Fsp3) is 0.105. The Morgan fingerprint density at radius 1 is 1.20 bits per heavy atom. The van der Waals surface area contributed by atoms with E-state index in [1.54, 1.807) is 36.4 Å². The molecule has 2 heterocycles. The summed E-state index contributed by atoms with van der Waals surface area (Å²) < 4.78 is 0. The molecule has 0 aliphatic heterocycles. The maximum absolute atomic E-state index is 11.9. The predicted octanol–water partition coefficient (Wildman–Crippen LogP) is 3.88. The van der Waals surface area contributed by atoms with Gasteiger partial charge in [0.2, 0.25) is 5.88 Å². The van der Waals surface area contributed by atoms with Crippen molar-refractivity contribution in [1.29, 1.82) is 5.26 Å². The molecular weight excluding hydrogens is 316 g/mol. The Bertz CT molecular complexity index is 1180. The van der Waals surface area contributed by atoms with Crippen molar-refractivity contribution in [2.45, 2.75) is 13.3 Å². The van der Waals surface area contributed by atoms with Crippen molar-refractivity contribution in [2.24, 2.45) is 0 Å². The lowest BCUT2D eigenvalue weighted by Gasteiger charge is -1.97. The number of aromatic nitrogens is 3. The number of nitriles is 1. The van der Waals surface area contributed by atoms with E-state index in [1.807, 2.05) is 6.92 Å². The minimum atomic E-state index is -0.0194. The predicted molar refractivity (Wildman–Crippen MR) is 94.4 cm³/mol. The van der Waals surface area contributed by atoms with E-state index in [9.17, 15) is 9.90 Å². The van der Waals surface area contributed by atoms with Crippen LogP contribution in [0.2, 0.25) is 0 Å². The molecule has 0 unspecified atom stereocenters. The molecule has 2 aromatic carbocycles. The zero-order chi connectivity index (χ0) is 17.6. The molecule has 0 aliphatic rings. The Morgan fingerprint density at radius 2 is 2.04 bits per heavy atom. The highest BCUT2D eigenvalue weighted by molar-refractivity contribution is 6.01. The van der Waals surface area contributed by atoms with Crippen LogP contribution in [0.3, 0.4) is 0 Å². The highest BCUT2D eigenvalue weighted by Crippen LogP contribution is 2.36. The number of aromatic amines is 2. The van der Waals surface area contributed by atoms with Crippen LogP contribution in [0, 0.1) is 11.3 Å². The minimum absolute atomic E-state index is 0.0194. The standard InChI is InChI=1S/C19H14N4O2/c1-2-16(24)11-4-6-14-15(8-11)22-18(21-14)17-12-7-10(9-20)3-5-13(12)23-19(17)25/h3-8,23,25H,2H2,1H3,(H,21,22). The fourth-order valence-corrected chi connectivity index (χ4v) is 2.99. The van der Waals surface area contributed by atoms with Crippen LogP contribution in [0.15, 0.2) is 36.4 Å². The van der Waals surface area contributed by atoms with Crippen LogP contribution in [0.5, 0.6) is 5.88 Å². The first kappa shape index (κ1) is 15.0. The van der Waals surface area contributed by atoms with Gasteiger partial charge < -0.3 is 15.1 Å². The molecule has 0 radical (unpaired) electrons. The van der Waals surface area contributed by atoms with Gasteiger partial charge in [0, 0.05) is 22.9 Å². The van der Waals surface area contributed by atoms with Crippen LogP contribution in [0.4, 0.5) is 0 Å². The average Bonchev–Trinajstić information content (AvgIpc) is 3.18. The van der Waals surface area contributed by atoms with Gasteiger partial charge in [0.15, 0.2) is 5.78 Å². The third kappa shape index (κ3) is 2.34. The van der Waals surface area contributed by atoms with Crippen LogP contribution in [0.25, 0.3) is 33.3 Å². The zero-order valence-corrected chi connectivity index (χ0v) is 13.4. The summed E-state index contributed by atoms with van der Waals surface area (Å²) in [6, 6.07) is 12.5. The first-order valence-electron chi connectivity index (χ1n) is 7.89. The second-order valence-electron chi connectivity index (χ2n) is 5.81. The molecule has 3 N–H and O–H groups in total. The number of aromatic hydroxyl groups is 1. The molecule has 0 spiro atoms. The molecule has 6 heteroatoms. The number of hydrogen-bond donors (Lipinski definition) is 3. The van der Waals surface area contributed by atoms with Crippen LogP contribution < -0.4 is 0 Å². The third-order valence-electron chi connectivity index (χ3n) is 4.27. The number of benzene rings is 2. The van der Waals surface area contributed by atoms with Gasteiger partial charge >= 0.3 is 0 Å². The molecule has 4 aromatic rings. The van der Waals surface area contributed by atoms with Crippen molar-refractivity contribution in [3.05, 3.63) is 47.5 Å². The number of Topliss-reactive ketones (excluding diaryl/α,β-unsaturated/α-hetero) is 1. The Kier molecular flexibility index (Phi) is 3.29. The van der Waals surface area contributed by atoms with E-state index in [1.165, 1.54) is 0 Å². The van der Waals surface area contributed by atoms with E-state index >= 15 is 0 Å². The summed E-state index contributed by atoms with van der Waals surface area (Å²) >= 11 is 0. The van der Waals surface area contributed by atoms with Crippen LogP contribution in [0.1, 0.15) is 29.3 Å². The van der Waals surface area contributed by atoms with Gasteiger partial charge in [0.05, 0.1) is 28.2 Å². The topological polar surface area (TPSA) is 106 Å². The quantitative estimate of drug-likeness (QED) is 0.496. The molecule has 122 valence electrons. The SMILES string of the molecule is CCC(=O)c1ccc2nc(-c3c(O)[nH]c4ccc(C#N)cc34)[nH]c2c1. The van der Waals surface area contributed by atoms with Gasteiger partial charge in [-0.3, -0.25) is 4.79 Å². The number of nitrogens with one attached hydrogen (secondary N) is 2. The number of rotatable bonds is 3. The summed E-state index contributed by atoms with van der Waals surface area (Å²) in [5.41, 5.74) is 3.77. The third-order valence-corrected chi connectivity index (χ3v) is 4.27. The van der Waals surface area contributed by atoms with Crippen molar-refractivity contribution < 1.29 is 9.90 Å². The van der Waals surface area contributed by atoms with Crippen molar-refractivity contribution >= 4 is 27.7 Å². The van der Waals surface area contributed by atoms with Crippen LogP contribution in [-0.2, 0) is 0 Å². The van der Waals surface area contributed by atoms with E-state index in [2.05, 4.69) is 21.0 Å². The van der Waals surface area contributed by atoms with Crippen LogP contribution >= 0.6 is 0 Å². The maximum atomic E-state index is 11.9. The molecule has 0 amide bonds. The summed E-state index contributed by atoms with van der Waals surface area (Å²) in [6.45, 7) is 1.82. The van der Waals surface area contributed by atoms with Crippen molar-refractivity contribution in [3.63, 3.8) is 0 Å². The lowest BCUT2D eigenvalue weighted by Crippen LogP contribution is -1.95. The molecule has 0 atom stereocenters. The van der Waals surface area contributed by atoms with Gasteiger partial charge in [-0.1, -0.05) is 6.92 Å². The molecule has 0 saturated heterocycles. The van der Waals surface area contributed by atoms with Crippen molar-refractivity contribution in [3.8, 4) is 23.3 Å². The van der Waals surface area contributed by atoms with Crippen molar-refractivity contribution in [1.82, 2.24) is 15.0 Å².